The van der Waals surface area contributed by atoms with Gasteiger partial charge in [-0.2, -0.15) is 0 Å². The van der Waals surface area contributed by atoms with Crippen molar-refractivity contribution in [1.82, 2.24) is 0 Å². The van der Waals surface area contributed by atoms with Gasteiger partial charge in [0.2, 0.25) is 0 Å². The Morgan fingerprint density at radius 1 is 1.00 bits per heavy atom. The predicted molar refractivity (Wildman–Crippen MR) is 70.2 cm³/mol. The van der Waals surface area contributed by atoms with E-state index < -0.39 is 0 Å². The normalized spacial score (nSPS) is 10.5. The van der Waals surface area contributed by atoms with Gasteiger partial charge in [0.05, 0.1) is 0 Å². The summed E-state index contributed by atoms with van der Waals surface area (Å²) in [6.07, 6.45) is 0. The van der Waals surface area contributed by atoms with Gasteiger partial charge in [-0.3, -0.25) is 0 Å². The van der Waals surface area contributed by atoms with Gasteiger partial charge in [-0.1, -0.05) is 34.8 Å². The van der Waals surface area contributed by atoms with Crippen molar-refractivity contribution in [2.45, 2.75) is 13.8 Å². The van der Waals surface area contributed by atoms with Gasteiger partial charge in [0.15, 0.2) is 0 Å². The molecule has 0 atom stereocenters. The molecular formula is C14H11Cl2. The fourth-order valence-electron chi connectivity index (χ4n) is 1.67. The molecule has 0 fully saturated rings. The second-order valence-corrected chi connectivity index (χ2v) is 4.68. The molecule has 1 radical (unpaired) electrons. The van der Waals surface area contributed by atoms with E-state index in [0.29, 0.717) is 5.02 Å². The summed E-state index contributed by atoms with van der Waals surface area (Å²) < 4.78 is 0. The molecular weight excluding hydrogens is 239 g/mol. The number of rotatable bonds is 1. The molecule has 2 aromatic carbocycles. The van der Waals surface area contributed by atoms with Gasteiger partial charge in [0, 0.05) is 15.6 Å². The third-order valence-corrected chi connectivity index (χ3v) is 3.07. The molecule has 2 rings (SSSR count). The van der Waals surface area contributed by atoms with E-state index in [1.807, 2.05) is 32.0 Å². The Morgan fingerprint density at radius 2 is 1.75 bits per heavy atom. The Morgan fingerprint density at radius 3 is 2.50 bits per heavy atom. The summed E-state index contributed by atoms with van der Waals surface area (Å²) in [6, 6.07) is 12.8. The van der Waals surface area contributed by atoms with Crippen LogP contribution in [0.2, 0.25) is 10.0 Å². The van der Waals surface area contributed by atoms with Crippen LogP contribution in [0, 0.1) is 19.9 Å². The van der Waals surface area contributed by atoms with Crippen LogP contribution in [0.25, 0.3) is 11.1 Å². The Bertz CT molecular complexity index is 481. The van der Waals surface area contributed by atoms with E-state index >= 15 is 0 Å². The highest BCUT2D eigenvalue weighted by molar-refractivity contribution is 6.34. The van der Waals surface area contributed by atoms with Crippen molar-refractivity contribution in [1.29, 1.82) is 0 Å². The number of hydrogen-bond acceptors (Lipinski definition) is 0. The smallest absolute Gasteiger partial charge is 0.0484 e. The maximum absolute atomic E-state index is 6.20. The topological polar surface area (TPSA) is 0 Å². The lowest BCUT2D eigenvalue weighted by molar-refractivity contribution is 1.42. The van der Waals surface area contributed by atoms with Crippen molar-refractivity contribution >= 4 is 23.2 Å². The summed E-state index contributed by atoms with van der Waals surface area (Å²) in [7, 11) is 0. The number of hydrogen-bond donors (Lipinski definition) is 0. The highest BCUT2D eigenvalue weighted by Gasteiger charge is 2.07. The monoisotopic (exact) mass is 249 g/mol. The lowest BCUT2D eigenvalue weighted by atomic mass is 9.99. The molecule has 0 aliphatic heterocycles. The van der Waals surface area contributed by atoms with Gasteiger partial charge < -0.3 is 0 Å². The first-order valence-corrected chi connectivity index (χ1v) is 5.78. The average molecular weight is 250 g/mol. The summed E-state index contributed by atoms with van der Waals surface area (Å²) >= 11 is 12.2. The molecule has 0 aromatic heterocycles. The van der Waals surface area contributed by atoms with Crippen LogP contribution >= 0.6 is 23.2 Å². The largest absolute Gasteiger partial charge is 0.0843 e. The maximum Gasteiger partial charge on any atom is 0.0484 e. The minimum Gasteiger partial charge on any atom is -0.0843 e. The number of aryl methyl sites for hydroxylation is 2. The van der Waals surface area contributed by atoms with Crippen molar-refractivity contribution < 1.29 is 0 Å². The molecule has 0 nitrogen and oxygen atoms in total. The third-order valence-electron chi connectivity index (χ3n) is 2.52. The zero-order chi connectivity index (χ0) is 11.7. The van der Waals surface area contributed by atoms with E-state index in [1.54, 1.807) is 6.07 Å². The van der Waals surface area contributed by atoms with Crippen LogP contribution in [-0.2, 0) is 0 Å². The Kier molecular flexibility index (Phi) is 3.22. The van der Waals surface area contributed by atoms with Crippen molar-refractivity contribution in [3.05, 3.63) is 57.6 Å². The van der Waals surface area contributed by atoms with E-state index in [-0.39, 0.29) is 0 Å². The fraction of sp³-hybridized carbons (Fsp3) is 0.143. The molecule has 2 aromatic rings. The average Bonchev–Trinajstić information content (AvgIpc) is 2.25. The van der Waals surface area contributed by atoms with E-state index in [4.69, 9.17) is 23.2 Å². The van der Waals surface area contributed by atoms with Crippen LogP contribution in [0.3, 0.4) is 0 Å². The predicted octanol–water partition coefficient (Wildman–Crippen LogP) is 5.08. The van der Waals surface area contributed by atoms with Crippen molar-refractivity contribution in [2.24, 2.45) is 0 Å². The van der Waals surface area contributed by atoms with Crippen LogP contribution in [0.1, 0.15) is 11.1 Å². The lowest BCUT2D eigenvalue weighted by Gasteiger charge is -2.09. The zero-order valence-electron chi connectivity index (χ0n) is 9.14. The fourth-order valence-corrected chi connectivity index (χ4v) is 2.05. The van der Waals surface area contributed by atoms with Gasteiger partial charge in [-0.25, -0.2) is 0 Å². The van der Waals surface area contributed by atoms with Crippen LogP contribution in [-0.4, -0.2) is 0 Å². The molecule has 0 aliphatic rings. The second-order valence-electron chi connectivity index (χ2n) is 3.84. The molecule has 0 aliphatic carbocycles. The first-order chi connectivity index (χ1) is 7.58. The SMILES string of the molecule is Cc1ccc(Cl)c(-c2cc(Cl)c[c]c2C)c1. The molecule has 0 saturated carbocycles. The van der Waals surface area contributed by atoms with E-state index in [0.717, 1.165) is 21.7 Å². The molecule has 0 saturated heterocycles. The van der Waals surface area contributed by atoms with Gasteiger partial charge in [0.1, 0.15) is 0 Å². The van der Waals surface area contributed by atoms with Crippen LogP contribution in [0.5, 0.6) is 0 Å². The summed E-state index contributed by atoms with van der Waals surface area (Å²) in [5, 5.41) is 1.42. The summed E-state index contributed by atoms with van der Waals surface area (Å²) in [4.78, 5) is 0. The van der Waals surface area contributed by atoms with E-state index in [9.17, 15) is 0 Å². The molecule has 0 bridgehead atoms. The Labute approximate surface area is 106 Å². The standard InChI is InChI=1S/C14H11Cl2/c1-9-3-6-14(16)13(7-9)12-8-11(15)5-4-10(12)2/h3,5-8H,1-2H3. The first-order valence-electron chi connectivity index (χ1n) is 5.02. The van der Waals surface area contributed by atoms with Crippen molar-refractivity contribution in [3.63, 3.8) is 0 Å². The minimum atomic E-state index is 0.679. The molecule has 81 valence electrons. The van der Waals surface area contributed by atoms with E-state index in [1.165, 1.54) is 5.56 Å². The summed E-state index contributed by atoms with van der Waals surface area (Å²) in [5.41, 5.74) is 4.29. The van der Waals surface area contributed by atoms with Crippen LogP contribution in [0.15, 0.2) is 30.3 Å². The lowest BCUT2D eigenvalue weighted by Crippen LogP contribution is -1.86. The quantitative estimate of drug-likeness (QED) is 0.662. The number of halogens is 2. The molecule has 0 N–H and O–H groups in total. The maximum atomic E-state index is 6.20. The number of benzene rings is 2. The highest BCUT2D eigenvalue weighted by atomic mass is 35.5. The van der Waals surface area contributed by atoms with E-state index in [2.05, 4.69) is 12.1 Å². The molecule has 2 heteroatoms. The van der Waals surface area contributed by atoms with Gasteiger partial charge in [-0.05, 0) is 55.3 Å². The van der Waals surface area contributed by atoms with Crippen molar-refractivity contribution in [2.75, 3.05) is 0 Å². The summed E-state index contributed by atoms with van der Waals surface area (Å²) in [6.45, 7) is 4.05. The molecule has 0 unspecified atom stereocenters. The molecule has 0 heterocycles. The first kappa shape index (κ1) is 11.5. The highest BCUT2D eigenvalue weighted by Crippen LogP contribution is 2.32. The van der Waals surface area contributed by atoms with Gasteiger partial charge >= 0.3 is 0 Å². The zero-order valence-corrected chi connectivity index (χ0v) is 10.7. The third kappa shape index (κ3) is 2.23. The second kappa shape index (κ2) is 4.48. The van der Waals surface area contributed by atoms with Crippen LogP contribution in [0.4, 0.5) is 0 Å². The van der Waals surface area contributed by atoms with Gasteiger partial charge in [0.25, 0.3) is 0 Å². The van der Waals surface area contributed by atoms with Crippen molar-refractivity contribution in [3.8, 4) is 11.1 Å². The minimum absolute atomic E-state index is 0.679. The molecule has 0 amide bonds. The van der Waals surface area contributed by atoms with Crippen LogP contribution < -0.4 is 0 Å². The Hall–Kier alpha value is -0.980. The molecule has 0 spiro atoms. The van der Waals surface area contributed by atoms with Gasteiger partial charge in [-0.15, -0.1) is 0 Å². The molecule has 16 heavy (non-hydrogen) atoms. The Balaban J connectivity index is 2.66. The summed E-state index contributed by atoms with van der Waals surface area (Å²) in [5.74, 6) is 0.